The van der Waals surface area contributed by atoms with Crippen LogP contribution >= 0.6 is 11.8 Å². The first-order valence-corrected chi connectivity index (χ1v) is 9.63. The molecule has 5 nitrogen and oxygen atoms in total. The van der Waals surface area contributed by atoms with Gasteiger partial charge in [-0.15, -0.1) is 0 Å². The van der Waals surface area contributed by atoms with Gasteiger partial charge < -0.3 is 14.4 Å². The van der Waals surface area contributed by atoms with Gasteiger partial charge in [-0.25, -0.2) is 9.79 Å². The van der Waals surface area contributed by atoms with Crippen LogP contribution in [0.15, 0.2) is 69.7 Å². The molecule has 6 heteroatoms. The molecular weight excluding hydrogens is 360 g/mol. The first-order chi connectivity index (χ1) is 13.2. The average molecular weight is 380 g/mol. The van der Waals surface area contributed by atoms with Crippen LogP contribution in [0.25, 0.3) is 0 Å². The van der Waals surface area contributed by atoms with Crippen LogP contribution in [0.4, 0.5) is 5.69 Å². The highest BCUT2D eigenvalue weighted by Crippen LogP contribution is 2.50. The summed E-state index contributed by atoms with van der Waals surface area (Å²) in [5.41, 5.74) is 3.16. The van der Waals surface area contributed by atoms with E-state index in [1.165, 1.54) is 0 Å². The molecule has 0 bridgehead atoms. The number of carbonyl (C=O) groups is 1. The summed E-state index contributed by atoms with van der Waals surface area (Å²) in [7, 11) is 1.64. The maximum Gasteiger partial charge on any atom is 0.338 e. The topological polar surface area (TPSA) is 51.1 Å². The standard InChI is InChI=1S/C21H20N2O3S/c1-4-26-20(24)18-13(2)22-21-23(15-10-6-8-12-17(15)27-21)19(18)14-9-5-7-11-16(14)25-3/h5-12,19H,4H2,1-3H3. The minimum absolute atomic E-state index is 0.316. The Balaban J connectivity index is 1.94. The fraction of sp³-hybridized carbons (Fsp3) is 0.238. The summed E-state index contributed by atoms with van der Waals surface area (Å²) < 4.78 is 11.0. The van der Waals surface area contributed by atoms with E-state index in [0.717, 1.165) is 27.1 Å². The van der Waals surface area contributed by atoms with Crippen LogP contribution in [0.5, 0.6) is 5.75 Å². The molecule has 4 rings (SSSR count). The van der Waals surface area contributed by atoms with Crippen molar-refractivity contribution >= 4 is 28.6 Å². The molecule has 0 saturated heterocycles. The molecule has 0 aromatic heterocycles. The van der Waals surface area contributed by atoms with E-state index in [1.54, 1.807) is 18.9 Å². The summed E-state index contributed by atoms with van der Waals surface area (Å²) in [6.07, 6.45) is 0. The molecule has 0 amide bonds. The number of allylic oxidation sites excluding steroid dienone is 1. The van der Waals surface area contributed by atoms with E-state index in [9.17, 15) is 4.79 Å². The van der Waals surface area contributed by atoms with Gasteiger partial charge in [-0.05, 0) is 43.8 Å². The minimum atomic E-state index is -0.358. The van der Waals surface area contributed by atoms with Crippen molar-refractivity contribution in [3.63, 3.8) is 0 Å². The molecule has 1 unspecified atom stereocenters. The quantitative estimate of drug-likeness (QED) is 0.728. The van der Waals surface area contributed by atoms with Gasteiger partial charge in [0, 0.05) is 10.5 Å². The Morgan fingerprint density at radius 1 is 1.19 bits per heavy atom. The molecule has 2 aliphatic heterocycles. The Labute approximate surface area is 162 Å². The van der Waals surface area contributed by atoms with Gasteiger partial charge in [-0.3, -0.25) is 0 Å². The van der Waals surface area contributed by atoms with Gasteiger partial charge in [0.1, 0.15) is 5.75 Å². The molecule has 2 aromatic rings. The first kappa shape index (κ1) is 17.7. The average Bonchev–Trinajstić information content (AvgIpc) is 3.04. The van der Waals surface area contributed by atoms with Gasteiger partial charge in [-0.2, -0.15) is 0 Å². The lowest BCUT2D eigenvalue weighted by Crippen LogP contribution is -2.37. The van der Waals surface area contributed by atoms with Crippen molar-refractivity contribution in [3.05, 3.63) is 65.4 Å². The highest BCUT2D eigenvalue weighted by atomic mass is 32.2. The molecule has 27 heavy (non-hydrogen) atoms. The number of esters is 1. The number of fused-ring (bicyclic) bond motifs is 3. The second-order valence-electron chi connectivity index (χ2n) is 6.20. The number of hydrogen-bond donors (Lipinski definition) is 0. The van der Waals surface area contributed by atoms with E-state index >= 15 is 0 Å². The maximum atomic E-state index is 12.9. The lowest BCUT2D eigenvalue weighted by molar-refractivity contribution is -0.138. The predicted molar refractivity (Wildman–Crippen MR) is 107 cm³/mol. The number of thioether (sulfide) groups is 1. The van der Waals surface area contributed by atoms with Gasteiger partial charge in [0.15, 0.2) is 5.17 Å². The lowest BCUT2D eigenvalue weighted by Gasteiger charge is -2.35. The van der Waals surface area contributed by atoms with Gasteiger partial charge in [0.05, 0.1) is 36.7 Å². The molecule has 2 aromatic carbocycles. The largest absolute Gasteiger partial charge is 0.496 e. The van der Waals surface area contributed by atoms with E-state index in [0.29, 0.717) is 17.9 Å². The molecule has 0 aliphatic carbocycles. The number of hydrogen-bond acceptors (Lipinski definition) is 6. The van der Waals surface area contributed by atoms with Crippen LogP contribution < -0.4 is 9.64 Å². The highest BCUT2D eigenvalue weighted by molar-refractivity contribution is 8.14. The minimum Gasteiger partial charge on any atom is -0.496 e. The highest BCUT2D eigenvalue weighted by Gasteiger charge is 2.42. The summed E-state index contributed by atoms with van der Waals surface area (Å²) in [6, 6.07) is 15.6. The number of anilines is 1. The number of para-hydroxylation sites is 2. The van der Waals surface area contributed by atoms with Crippen molar-refractivity contribution < 1.29 is 14.3 Å². The van der Waals surface area contributed by atoms with E-state index in [-0.39, 0.29) is 12.0 Å². The Kier molecular flexibility index (Phi) is 4.66. The Morgan fingerprint density at radius 3 is 2.70 bits per heavy atom. The third kappa shape index (κ3) is 2.90. The zero-order chi connectivity index (χ0) is 19.0. The zero-order valence-electron chi connectivity index (χ0n) is 15.4. The van der Waals surface area contributed by atoms with Crippen molar-refractivity contribution in [2.45, 2.75) is 24.8 Å². The molecule has 0 saturated carbocycles. The lowest BCUT2D eigenvalue weighted by atomic mass is 9.93. The van der Waals surface area contributed by atoms with Crippen LogP contribution in [0.3, 0.4) is 0 Å². The van der Waals surface area contributed by atoms with Crippen LogP contribution in [-0.2, 0) is 9.53 Å². The molecule has 0 spiro atoms. The number of amidine groups is 1. The second kappa shape index (κ2) is 7.12. The fourth-order valence-corrected chi connectivity index (χ4v) is 4.60. The van der Waals surface area contributed by atoms with Crippen molar-refractivity contribution in [3.8, 4) is 5.75 Å². The molecular formula is C21H20N2O3S. The third-order valence-electron chi connectivity index (χ3n) is 4.65. The van der Waals surface area contributed by atoms with Crippen molar-refractivity contribution in [1.82, 2.24) is 0 Å². The zero-order valence-corrected chi connectivity index (χ0v) is 16.2. The number of aliphatic imine (C=N–C) groups is 1. The summed E-state index contributed by atoms with van der Waals surface area (Å²) >= 11 is 1.61. The number of rotatable bonds is 4. The molecule has 2 heterocycles. The molecule has 138 valence electrons. The number of benzene rings is 2. The van der Waals surface area contributed by atoms with E-state index in [1.807, 2.05) is 50.2 Å². The summed E-state index contributed by atoms with van der Waals surface area (Å²) in [6.45, 7) is 3.99. The predicted octanol–water partition coefficient (Wildman–Crippen LogP) is 4.56. The second-order valence-corrected chi connectivity index (χ2v) is 7.21. The molecule has 0 fully saturated rings. The van der Waals surface area contributed by atoms with Gasteiger partial charge in [0.2, 0.25) is 0 Å². The summed E-state index contributed by atoms with van der Waals surface area (Å²) in [5, 5.41) is 0.859. The van der Waals surface area contributed by atoms with E-state index in [2.05, 4.69) is 17.0 Å². The molecule has 0 N–H and O–H groups in total. The fourth-order valence-electron chi connectivity index (χ4n) is 3.51. The van der Waals surface area contributed by atoms with Crippen LogP contribution in [-0.4, -0.2) is 24.9 Å². The SMILES string of the molecule is CCOC(=O)C1=C(C)N=C2Sc3ccccc3N2C1c1ccccc1OC. The number of methoxy groups -OCH3 is 1. The van der Waals surface area contributed by atoms with Gasteiger partial charge in [-0.1, -0.05) is 30.3 Å². The summed E-state index contributed by atoms with van der Waals surface area (Å²) in [4.78, 5) is 20.8. The Morgan fingerprint density at radius 2 is 1.93 bits per heavy atom. The number of ether oxygens (including phenoxy) is 2. The van der Waals surface area contributed by atoms with Crippen molar-refractivity contribution in [2.24, 2.45) is 4.99 Å². The maximum absolute atomic E-state index is 12.9. The van der Waals surface area contributed by atoms with Crippen LogP contribution in [0.2, 0.25) is 0 Å². The Bertz CT molecular complexity index is 967. The van der Waals surface area contributed by atoms with Gasteiger partial charge in [0.25, 0.3) is 0 Å². The van der Waals surface area contributed by atoms with E-state index in [4.69, 9.17) is 14.5 Å². The third-order valence-corrected chi connectivity index (χ3v) is 5.68. The monoisotopic (exact) mass is 380 g/mol. The van der Waals surface area contributed by atoms with E-state index < -0.39 is 0 Å². The van der Waals surface area contributed by atoms with Crippen LogP contribution in [0.1, 0.15) is 25.5 Å². The smallest absolute Gasteiger partial charge is 0.338 e. The summed E-state index contributed by atoms with van der Waals surface area (Å²) in [5.74, 6) is 0.385. The normalized spacial score (nSPS) is 18.0. The molecule has 0 radical (unpaired) electrons. The van der Waals surface area contributed by atoms with Gasteiger partial charge >= 0.3 is 5.97 Å². The van der Waals surface area contributed by atoms with Crippen LogP contribution in [0, 0.1) is 0 Å². The number of carbonyl (C=O) groups excluding carboxylic acids is 1. The molecule has 1 atom stereocenters. The molecule has 2 aliphatic rings. The number of nitrogens with zero attached hydrogens (tertiary/aromatic N) is 2. The first-order valence-electron chi connectivity index (χ1n) is 8.81. The van der Waals surface area contributed by atoms with Crippen molar-refractivity contribution in [1.29, 1.82) is 0 Å². The van der Waals surface area contributed by atoms with Crippen molar-refractivity contribution in [2.75, 3.05) is 18.6 Å². The Hall–Kier alpha value is -2.73.